The predicted molar refractivity (Wildman–Crippen MR) is 93.5 cm³/mol. The highest BCUT2D eigenvalue weighted by Gasteiger charge is 2.11. The third kappa shape index (κ3) is 5.39. The van der Waals surface area contributed by atoms with E-state index in [0.29, 0.717) is 25.5 Å². The van der Waals surface area contributed by atoms with Gasteiger partial charge < -0.3 is 9.15 Å². The van der Waals surface area contributed by atoms with Gasteiger partial charge in [0.15, 0.2) is 0 Å². The zero-order chi connectivity index (χ0) is 17.2. The number of ether oxygens (including phenoxy) is 1. The van der Waals surface area contributed by atoms with Gasteiger partial charge in [-0.2, -0.15) is 5.26 Å². The largest absolute Gasteiger partial charge is 0.494 e. The number of nitriles is 1. The minimum atomic E-state index is 0.533. The average molecular weight is 327 g/mol. The van der Waals surface area contributed by atoms with Gasteiger partial charge in [0.25, 0.3) is 0 Å². The van der Waals surface area contributed by atoms with E-state index < -0.39 is 0 Å². The van der Waals surface area contributed by atoms with Crippen LogP contribution in [0.4, 0.5) is 0 Å². The number of hydrogen-bond donors (Lipinski definition) is 0. The van der Waals surface area contributed by atoms with Crippen LogP contribution in [0.1, 0.15) is 38.8 Å². The van der Waals surface area contributed by atoms with E-state index in [1.807, 2.05) is 31.2 Å². The fourth-order valence-electron chi connectivity index (χ4n) is 2.49. The van der Waals surface area contributed by atoms with E-state index in [-0.39, 0.29) is 0 Å². The smallest absolute Gasteiger partial charge is 0.226 e. The molecule has 0 saturated carbocycles. The maximum atomic E-state index is 8.81. The van der Waals surface area contributed by atoms with Crippen LogP contribution in [-0.4, -0.2) is 29.6 Å². The van der Waals surface area contributed by atoms with E-state index in [4.69, 9.17) is 14.4 Å². The second-order valence-electron chi connectivity index (χ2n) is 5.64. The molecular formula is C19H25N3O2. The van der Waals surface area contributed by atoms with Gasteiger partial charge in [0.05, 0.1) is 18.4 Å². The van der Waals surface area contributed by atoms with Crippen LogP contribution in [0.3, 0.4) is 0 Å². The fraction of sp³-hybridized carbons (Fsp3) is 0.474. The number of oxazole rings is 1. The molecule has 1 heterocycles. The molecule has 2 aromatic rings. The Morgan fingerprint density at radius 1 is 1.29 bits per heavy atom. The van der Waals surface area contributed by atoms with Crippen molar-refractivity contribution in [1.29, 1.82) is 5.26 Å². The van der Waals surface area contributed by atoms with Gasteiger partial charge in [0, 0.05) is 25.1 Å². The molecule has 0 aliphatic heterocycles. The molecule has 0 aliphatic carbocycles. The molecule has 0 unspecified atom stereocenters. The van der Waals surface area contributed by atoms with Gasteiger partial charge in [-0.05, 0) is 38.1 Å². The normalized spacial score (nSPS) is 10.8. The van der Waals surface area contributed by atoms with Gasteiger partial charge in [-0.1, -0.05) is 19.4 Å². The summed E-state index contributed by atoms with van der Waals surface area (Å²) in [6.07, 6.45) is 4.49. The van der Waals surface area contributed by atoms with Crippen molar-refractivity contribution in [3.8, 4) is 23.3 Å². The fourth-order valence-corrected chi connectivity index (χ4v) is 2.49. The molecule has 0 spiro atoms. The number of aromatic nitrogens is 1. The molecule has 1 aromatic carbocycles. The van der Waals surface area contributed by atoms with E-state index in [1.54, 1.807) is 6.26 Å². The van der Waals surface area contributed by atoms with Crippen molar-refractivity contribution in [3.63, 3.8) is 0 Å². The Hall–Kier alpha value is -2.32. The summed E-state index contributed by atoms with van der Waals surface area (Å²) in [5.74, 6) is 1.41. The van der Waals surface area contributed by atoms with Crippen LogP contribution in [0.15, 0.2) is 34.9 Å². The summed E-state index contributed by atoms with van der Waals surface area (Å²) in [5.41, 5.74) is 1.80. The van der Waals surface area contributed by atoms with Crippen molar-refractivity contribution < 1.29 is 9.15 Å². The molecule has 5 heteroatoms. The minimum Gasteiger partial charge on any atom is -0.494 e. The minimum absolute atomic E-state index is 0.533. The summed E-state index contributed by atoms with van der Waals surface area (Å²) in [6, 6.07) is 9.96. The summed E-state index contributed by atoms with van der Waals surface area (Å²) in [5, 5.41) is 8.81. The maximum Gasteiger partial charge on any atom is 0.226 e. The summed E-state index contributed by atoms with van der Waals surface area (Å²) >= 11 is 0. The Morgan fingerprint density at radius 3 is 2.92 bits per heavy atom. The first-order valence-electron chi connectivity index (χ1n) is 8.53. The molecule has 0 saturated heterocycles. The lowest BCUT2D eigenvalue weighted by atomic mass is 10.2. The Bertz CT molecular complexity index is 661. The number of benzene rings is 1. The molecular weight excluding hydrogens is 302 g/mol. The van der Waals surface area contributed by atoms with E-state index in [1.165, 1.54) is 0 Å². The Kier molecular flexibility index (Phi) is 7.31. The highest BCUT2D eigenvalue weighted by molar-refractivity contribution is 5.56. The molecule has 0 amide bonds. The van der Waals surface area contributed by atoms with Crippen LogP contribution in [0, 0.1) is 11.3 Å². The van der Waals surface area contributed by atoms with Crippen molar-refractivity contribution in [3.05, 3.63) is 36.2 Å². The first-order valence-corrected chi connectivity index (χ1v) is 8.53. The Balaban J connectivity index is 2.05. The molecule has 2 rings (SSSR count). The third-order valence-corrected chi connectivity index (χ3v) is 3.70. The number of rotatable bonds is 10. The van der Waals surface area contributed by atoms with Crippen molar-refractivity contribution in [2.45, 2.75) is 39.7 Å². The molecule has 0 fully saturated rings. The van der Waals surface area contributed by atoms with Gasteiger partial charge in [-0.3, -0.25) is 4.90 Å². The summed E-state index contributed by atoms with van der Waals surface area (Å²) in [6.45, 7) is 7.20. The SMILES string of the molecule is CCCCN(CCC#N)Cc1coc(-c2cccc(OCC)c2)n1. The van der Waals surface area contributed by atoms with Crippen LogP contribution in [0.5, 0.6) is 5.75 Å². The number of nitrogens with zero attached hydrogens (tertiary/aromatic N) is 3. The molecule has 0 atom stereocenters. The first kappa shape index (κ1) is 18.0. The zero-order valence-corrected chi connectivity index (χ0v) is 14.5. The van der Waals surface area contributed by atoms with E-state index in [2.05, 4.69) is 22.9 Å². The van der Waals surface area contributed by atoms with E-state index in [9.17, 15) is 0 Å². The topological polar surface area (TPSA) is 62.3 Å². The molecule has 24 heavy (non-hydrogen) atoms. The molecule has 5 nitrogen and oxygen atoms in total. The van der Waals surface area contributed by atoms with Crippen LogP contribution in [-0.2, 0) is 6.54 Å². The highest BCUT2D eigenvalue weighted by Crippen LogP contribution is 2.23. The zero-order valence-electron chi connectivity index (χ0n) is 14.5. The van der Waals surface area contributed by atoms with Crippen LogP contribution < -0.4 is 4.74 Å². The molecule has 128 valence electrons. The second-order valence-corrected chi connectivity index (χ2v) is 5.64. The standard InChI is InChI=1S/C19H25N3O2/c1-3-5-11-22(12-7-10-20)14-17-15-24-19(21-17)16-8-6-9-18(13-16)23-4-2/h6,8-9,13,15H,3-5,7,11-12,14H2,1-2H3. The van der Waals surface area contributed by atoms with Crippen LogP contribution >= 0.6 is 0 Å². The molecule has 0 N–H and O–H groups in total. The molecule has 1 aromatic heterocycles. The Labute approximate surface area is 143 Å². The van der Waals surface area contributed by atoms with Crippen molar-refractivity contribution in [2.24, 2.45) is 0 Å². The van der Waals surface area contributed by atoms with Gasteiger partial charge in [0.2, 0.25) is 5.89 Å². The van der Waals surface area contributed by atoms with E-state index >= 15 is 0 Å². The number of unbranched alkanes of at least 4 members (excludes halogenated alkanes) is 1. The van der Waals surface area contributed by atoms with Gasteiger partial charge in [-0.25, -0.2) is 4.98 Å². The van der Waals surface area contributed by atoms with Gasteiger partial charge >= 0.3 is 0 Å². The first-order chi connectivity index (χ1) is 11.8. The molecule has 0 bridgehead atoms. The lowest BCUT2D eigenvalue weighted by Crippen LogP contribution is -2.25. The Morgan fingerprint density at radius 2 is 2.17 bits per heavy atom. The maximum absolute atomic E-state index is 8.81. The third-order valence-electron chi connectivity index (χ3n) is 3.70. The van der Waals surface area contributed by atoms with Crippen LogP contribution in [0.25, 0.3) is 11.5 Å². The van der Waals surface area contributed by atoms with Crippen molar-refractivity contribution in [2.75, 3.05) is 19.7 Å². The quantitative estimate of drug-likeness (QED) is 0.652. The predicted octanol–water partition coefficient (Wildman–Crippen LogP) is 4.26. The summed E-state index contributed by atoms with van der Waals surface area (Å²) < 4.78 is 11.2. The molecule has 0 radical (unpaired) electrons. The highest BCUT2D eigenvalue weighted by atomic mass is 16.5. The average Bonchev–Trinajstić information content (AvgIpc) is 3.06. The second kappa shape index (κ2) is 9.74. The lowest BCUT2D eigenvalue weighted by Gasteiger charge is -2.19. The monoisotopic (exact) mass is 327 g/mol. The molecule has 0 aliphatic rings. The number of hydrogen-bond acceptors (Lipinski definition) is 5. The van der Waals surface area contributed by atoms with E-state index in [0.717, 1.165) is 42.9 Å². The summed E-state index contributed by atoms with van der Waals surface area (Å²) in [4.78, 5) is 6.85. The van der Waals surface area contributed by atoms with Gasteiger partial charge in [-0.15, -0.1) is 0 Å². The van der Waals surface area contributed by atoms with Crippen molar-refractivity contribution in [1.82, 2.24) is 9.88 Å². The lowest BCUT2D eigenvalue weighted by molar-refractivity contribution is 0.264. The summed E-state index contributed by atoms with van der Waals surface area (Å²) in [7, 11) is 0. The van der Waals surface area contributed by atoms with Crippen LogP contribution in [0.2, 0.25) is 0 Å². The van der Waals surface area contributed by atoms with Crippen molar-refractivity contribution >= 4 is 0 Å². The van der Waals surface area contributed by atoms with Gasteiger partial charge in [0.1, 0.15) is 12.0 Å².